The second kappa shape index (κ2) is 15.7. The molecule has 1 atom stereocenters. The number of halogens is 1. The Hall–Kier alpha value is -5.11. The van der Waals surface area contributed by atoms with Gasteiger partial charge in [0.2, 0.25) is 17.8 Å². The molecular formula is C40H49FN8O5. The summed E-state index contributed by atoms with van der Waals surface area (Å²) >= 11 is 0. The number of imide groups is 1. The van der Waals surface area contributed by atoms with Crippen molar-refractivity contribution >= 4 is 41.1 Å². The van der Waals surface area contributed by atoms with Crippen LogP contribution in [0.1, 0.15) is 79.6 Å². The van der Waals surface area contributed by atoms with Crippen molar-refractivity contribution in [3.63, 3.8) is 0 Å². The summed E-state index contributed by atoms with van der Waals surface area (Å²) in [5.74, 6) is -0.548. The van der Waals surface area contributed by atoms with Crippen LogP contribution < -0.4 is 15.5 Å². The molecule has 4 aliphatic heterocycles. The van der Waals surface area contributed by atoms with Crippen LogP contribution in [0.4, 0.5) is 26.5 Å². The van der Waals surface area contributed by atoms with Gasteiger partial charge in [0.1, 0.15) is 11.4 Å². The summed E-state index contributed by atoms with van der Waals surface area (Å²) in [4.78, 5) is 67.0. The summed E-state index contributed by atoms with van der Waals surface area (Å²) in [5, 5.41) is 5.58. The Labute approximate surface area is 315 Å². The number of ether oxygens (including phenoxy) is 1. The summed E-state index contributed by atoms with van der Waals surface area (Å²) < 4.78 is 20.7. The number of benzene rings is 2. The standard InChI is InChI=1S/C40H49FN8O5/c1-40(2,3)54-39(53)49-17-14-29-23-42-38(44-33(29)25-49)43-30-7-4-27(5-8-30)37(52)48-15-12-26(13-16-48)24-46-18-20-47(21-19-46)34-10-6-28(22-32(34)41)31-9-11-35(50)45-36(31)51/h4-8,10,22-23,26,31H,9,11-21,24-25H2,1-3H3,(H,42,43,44)(H,45,50,51). The zero-order valence-corrected chi connectivity index (χ0v) is 31.3. The van der Waals surface area contributed by atoms with Crippen molar-refractivity contribution < 1.29 is 28.3 Å². The second-order valence-electron chi connectivity index (χ2n) is 15.8. The average Bonchev–Trinajstić information content (AvgIpc) is 3.14. The van der Waals surface area contributed by atoms with Crippen LogP contribution in [-0.2, 0) is 27.3 Å². The van der Waals surface area contributed by atoms with Gasteiger partial charge in [-0.1, -0.05) is 6.07 Å². The second-order valence-corrected chi connectivity index (χ2v) is 15.8. The molecule has 3 saturated heterocycles. The van der Waals surface area contributed by atoms with Gasteiger partial charge in [-0.2, -0.15) is 0 Å². The van der Waals surface area contributed by atoms with Gasteiger partial charge in [0.05, 0.1) is 23.8 Å². The topological polar surface area (TPSA) is 140 Å². The van der Waals surface area contributed by atoms with Crippen molar-refractivity contribution in [2.45, 2.75) is 70.9 Å². The monoisotopic (exact) mass is 740 g/mol. The number of fused-ring (bicyclic) bond motifs is 1. The molecular weight excluding hydrogens is 691 g/mol. The number of nitrogens with zero attached hydrogens (tertiary/aromatic N) is 6. The quantitative estimate of drug-likeness (QED) is 0.324. The number of hydrogen-bond donors (Lipinski definition) is 2. The van der Waals surface area contributed by atoms with Gasteiger partial charge in [0, 0.05) is 76.2 Å². The van der Waals surface area contributed by atoms with Gasteiger partial charge < -0.3 is 24.8 Å². The molecule has 0 aliphatic carbocycles. The van der Waals surface area contributed by atoms with Gasteiger partial charge >= 0.3 is 6.09 Å². The summed E-state index contributed by atoms with van der Waals surface area (Å²) in [6.45, 7) is 11.9. The van der Waals surface area contributed by atoms with Crippen LogP contribution in [0.25, 0.3) is 0 Å². The molecule has 0 spiro atoms. The first-order valence-corrected chi connectivity index (χ1v) is 19.0. The number of carbonyl (C=O) groups excluding carboxylic acids is 4. The molecule has 54 heavy (non-hydrogen) atoms. The molecule has 286 valence electrons. The van der Waals surface area contributed by atoms with E-state index in [1.54, 1.807) is 23.2 Å². The Balaban J connectivity index is 0.849. The third-order valence-electron chi connectivity index (χ3n) is 10.7. The minimum Gasteiger partial charge on any atom is -0.444 e. The number of nitrogens with one attached hydrogen (secondary N) is 2. The molecule has 4 aliphatic rings. The first-order chi connectivity index (χ1) is 25.9. The smallest absolute Gasteiger partial charge is 0.410 e. The molecule has 13 nitrogen and oxygen atoms in total. The molecule has 2 N–H and O–H groups in total. The number of aromatic nitrogens is 2. The van der Waals surface area contributed by atoms with Gasteiger partial charge in [-0.15, -0.1) is 0 Å². The molecule has 0 radical (unpaired) electrons. The van der Waals surface area contributed by atoms with E-state index in [4.69, 9.17) is 4.74 Å². The number of carbonyl (C=O) groups is 4. The molecule has 5 heterocycles. The van der Waals surface area contributed by atoms with Gasteiger partial charge in [-0.05, 0) is 99.9 Å². The van der Waals surface area contributed by atoms with Crippen LogP contribution in [0, 0.1) is 11.7 Å². The predicted octanol–water partition coefficient (Wildman–Crippen LogP) is 4.85. The summed E-state index contributed by atoms with van der Waals surface area (Å²) in [7, 11) is 0. The minimum absolute atomic E-state index is 0.0199. The third-order valence-corrected chi connectivity index (χ3v) is 10.7. The SMILES string of the molecule is CC(C)(C)OC(=O)N1CCc2cnc(Nc3ccc(C(=O)N4CCC(CN5CCN(c6ccc(C7CCC(=O)NC7=O)cc6F)CC5)CC4)cc3)nc2C1. The van der Waals surface area contributed by atoms with Gasteiger partial charge in [-0.25, -0.2) is 19.2 Å². The minimum atomic E-state index is -0.566. The van der Waals surface area contributed by atoms with E-state index in [0.717, 1.165) is 49.4 Å². The Morgan fingerprint density at radius 1 is 0.926 bits per heavy atom. The molecule has 14 heteroatoms. The third kappa shape index (κ3) is 8.81. The maximum atomic E-state index is 15.2. The zero-order chi connectivity index (χ0) is 38.0. The highest BCUT2D eigenvalue weighted by Crippen LogP contribution is 2.30. The average molecular weight is 741 g/mol. The van der Waals surface area contributed by atoms with Crippen LogP contribution in [0.3, 0.4) is 0 Å². The van der Waals surface area contributed by atoms with Crippen molar-refractivity contribution in [3.8, 4) is 0 Å². The van der Waals surface area contributed by atoms with Crippen LogP contribution in [-0.4, -0.2) is 106 Å². The number of piperazine rings is 1. The number of hydrogen-bond acceptors (Lipinski definition) is 10. The molecule has 0 bridgehead atoms. The highest BCUT2D eigenvalue weighted by molar-refractivity contribution is 6.01. The van der Waals surface area contributed by atoms with Crippen molar-refractivity contribution in [1.82, 2.24) is 30.0 Å². The Morgan fingerprint density at radius 2 is 1.67 bits per heavy atom. The van der Waals surface area contributed by atoms with Crippen molar-refractivity contribution in [3.05, 3.63) is 76.9 Å². The molecule has 2 aromatic carbocycles. The lowest BCUT2D eigenvalue weighted by Crippen LogP contribution is -2.49. The van der Waals surface area contributed by atoms with Crippen LogP contribution in [0.5, 0.6) is 0 Å². The van der Waals surface area contributed by atoms with Gasteiger partial charge in [0.25, 0.3) is 5.91 Å². The predicted molar refractivity (Wildman–Crippen MR) is 201 cm³/mol. The van der Waals surface area contributed by atoms with Gasteiger partial charge in [0.15, 0.2) is 0 Å². The molecule has 0 saturated carbocycles. The Bertz CT molecular complexity index is 1880. The number of likely N-dealkylation sites (tertiary alicyclic amines) is 1. The van der Waals surface area contributed by atoms with Crippen LogP contribution in [0.15, 0.2) is 48.7 Å². The molecule has 3 fully saturated rings. The number of anilines is 3. The fourth-order valence-corrected chi connectivity index (χ4v) is 7.72. The first kappa shape index (κ1) is 37.2. The molecule has 3 aromatic rings. The van der Waals surface area contributed by atoms with E-state index >= 15 is 4.39 Å². The maximum Gasteiger partial charge on any atom is 0.410 e. The fourth-order valence-electron chi connectivity index (χ4n) is 7.72. The Kier molecular flexibility index (Phi) is 10.8. The van der Waals surface area contributed by atoms with Crippen molar-refractivity contribution in [1.29, 1.82) is 0 Å². The maximum absolute atomic E-state index is 15.2. The van der Waals surface area contributed by atoms with E-state index < -0.39 is 11.5 Å². The highest BCUT2D eigenvalue weighted by Gasteiger charge is 2.31. The lowest BCUT2D eigenvalue weighted by Gasteiger charge is -2.39. The number of amides is 4. The summed E-state index contributed by atoms with van der Waals surface area (Å²) in [5.41, 5.74) is 3.77. The van der Waals surface area contributed by atoms with E-state index in [1.165, 1.54) is 6.07 Å². The highest BCUT2D eigenvalue weighted by atomic mass is 19.1. The molecule has 4 amide bonds. The van der Waals surface area contributed by atoms with E-state index in [9.17, 15) is 19.2 Å². The van der Waals surface area contributed by atoms with Crippen LogP contribution in [0.2, 0.25) is 0 Å². The summed E-state index contributed by atoms with van der Waals surface area (Å²) in [6.07, 6.45) is 4.64. The largest absolute Gasteiger partial charge is 0.444 e. The molecule has 1 aromatic heterocycles. The lowest BCUT2D eigenvalue weighted by atomic mass is 9.90. The van der Waals surface area contributed by atoms with Gasteiger partial charge in [-0.3, -0.25) is 24.6 Å². The lowest BCUT2D eigenvalue weighted by molar-refractivity contribution is -0.134. The van der Waals surface area contributed by atoms with Crippen molar-refractivity contribution in [2.24, 2.45) is 5.92 Å². The number of rotatable bonds is 7. The summed E-state index contributed by atoms with van der Waals surface area (Å²) in [6, 6.07) is 12.4. The first-order valence-electron chi connectivity index (χ1n) is 19.0. The van der Waals surface area contributed by atoms with E-state index in [0.29, 0.717) is 80.8 Å². The molecule has 7 rings (SSSR count). The van der Waals surface area contributed by atoms with E-state index in [-0.39, 0.29) is 36.1 Å². The van der Waals surface area contributed by atoms with E-state index in [2.05, 4.69) is 30.4 Å². The Morgan fingerprint density at radius 3 is 2.35 bits per heavy atom. The number of piperidine rings is 2. The molecule has 1 unspecified atom stereocenters. The van der Waals surface area contributed by atoms with E-state index in [1.807, 2.05) is 49.9 Å². The fraction of sp³-hybridized carbons (Fsp3) is 0.500. The van der Waals surface area contributed by atoms with Crippen LogP contribution >= 0.6 is 0 Å². The zero-order valence-electron chi connectivity index (χ0n) is 31.3. The normalized spacial score (nSPS) is 20.0. The van der Waals surface area contributed by atoms with Crippen molar-refractivity contribution in [2.75, 3.05) is 62.6 Å².